The molecule has 1 saturated heterocycles. The van der Waals surface area contributed by atoms with Crippen molar-refractivity contribution >= 4 is 21.6 Å². The quantitative estimate of drug-likeness (QED) is 0.844. The summed E-state index contributed by atoms with van der Waals surface area (Å²) < 4.78 is 27.0. The summed E-state index contributed by atoms with van der Waals surface area (Å²) >= 11 is 6.10. The van der Waals surface area contributed by atoms with Crippen LogP contribution in [0.4, 0.5) is 0 Å². The van der Waals surface area contributed by atoms with Crippen molar-refractivity contribution in [3.8, 4) is 0 Å². The lowest BCUT2D eigenvalue weighted by molar-refractivity contribution is 0.134. The molecule has 22 heavy (non-hydrogen) atoms. The van der Waals surface area contributed by atoms with Crippen LogP contribution in [-0.4, -0.2) is 49.8 Å². The molecule has 0 spiro atoms. The average molecular weight is 343 g/mol. The number of hydrogen-bond acceptors (Lipinski definition) is 3. The fourth-order valence-electron chi connectivity index (χ4n) is 3.21. The van der Waals surface area contributed by atoms with E-state index in [9.17, 15) is 8.42 Å². The zero-order valence-corrected chi connectivity index (χ0v) is 14.3. The van der Waals surface area contributed by atoms with E-state index in [0.717, 1.165) is 19.5 Å². The number of benzene rings is 1. The molecule has 3 rings (SSSR count). The SMILES string of the molecule is O=S(=O)(Cc1ccccc1Cl)N1CCCN(C2CCC2)CC1. The van der Waals surface area contributed by atoms with Crippen molar-refractivity contribution in [2.75, 3.05) is 26.2 Å². The fourth-order valence-corrected chi connectivity index (χ4v) is 5.09. The number of nitrogens with zero attached hydrogens (tertiary/aromatic N) is 2. The number of halogens is 1. The van der Waals surface area contributed by atoms with Gasteiger partial charge in [-0.05, 0) is 37.4 Å². The Bertz CT molecular complexity index is 616. The molecule has 1 aliphatic heterocycles. The molecule has 0 bridgehead atoms. The minimum absolute atomic E-state index is 0.00387. The molecule has 1 aromatic carbocycles. The Balaban J connectivity index is 1.65. The first-order valence-corrected chi connectivity index (χ1v) is 10.0. The zero-order chi connectivity index (χ0) is 15.6. The third kappa shape index (κ3) is 3.65. The second-order valence-corrected chi connectivity index (χ2v) is 8.60. The van der Waals surface area contributed by atoms with Crippen molar-refractivity contribution in [3.05, 3.63) is 34.9 Å². The van der Waals surface area contributed by atoms with Crippen LogP contribution in [0.25, 0.3) is 0 Å². The third-order valence-corrected chi connectivity index (χ3v) is 6.97. The van der Waals surface area contributed by atoms with Crippen LogP contribution in [0.2, 0.25) is 5.02 Å². The number of rotatable bonds is 4. The van der Waals surface area contributed by atoms with Gasteiger partial charge in [0, 0.05) is 30.7 Å². The lowest BCUT2D eigenvalue weighted by atomic mass is 9.91. The summed E-state index contributed by atoms with van der Waals surface area (Å²) in [5.74, 6) is -0.00387. The second-order valence-electron chi connectivity index (χ2n) is 6.22. The molecule has 1 saturated carbocycles. The lowest BCUT2D eigenvalue weighted by Crippen LogP contribution is -2.42. The van der Waals surface area contributed by atoms with Gasteiger partial charge in [0.05, 0.1) is 5.75 Å². The van der Waals surface area contributed by atoms with E-state index in [1.165, 1.54) is 19.3 Å². The molecule has 0 aromatic heterocycles. The predicted octanol–water partition coefficient (Wildman–Crippen LogP) is 2.73. The standard InChI is InChI=1S/C16H23ClN2O2S/c17-16-8-2-1-5-14(16)13-22(20,21)19-10-4-9-18(11-12-19)15-6-3-7-15/h1-2,5,8,15H,3-4,6-7,9-13H2. The summed E-state index contributed by atoms with van der Waals surface area (Å²) in [6, 6.07) is 7.87. The maximum atomic E-state index is 12.7. The van der Waals surface area contributed by atoms with Crippen molar-refractivity contribution in [3.63, 3.8) is 0 Å². The Morgan fingerprint density at radius 1 is 1.05 bits per heavy atom. The number of hydrogen-bond donors (Lipinski definition) is 0. The van der Waals surface area contributed by atoms with E-state index in [1.54, 1.807) is 16.4 Å². The van der Waals surface area contributed by atoms with E-state index < -0.39 is 10.0 Å². The van der Waals surface area contributed by atoms with Crippen LogP contribution in [0.15, 0.2) is 24.3 Å². The van der Waals surface area contributed by atoms with Gasteiger partial charge in [0.1, 0.15) is 0 Å². The smallest absolute Gasteiger partial charge is 0.218 e. The van der Waals surface area contributed by atoms with Crippen molar-refractivity contribution in [2.45, 2.75) is 37.5 Å². The highest BCUT2D eigenvalue weighted by Gasteiger charge is 2.30. The van der Waals surface area contributed by atoms with Crippen LogP contribution in [0.5, 0.6) is 0 Å². The minimum atomic E-state index is -3.30. The predicted molar refractivity (Wildman–Crippen MR) is 89.5 cm³/mol. The van der Waals surface area contributed by atoms with E-state index in [2.05, 4.69) is 4.90 Å². The fraction of sp³-hybridized carbons (Fsp3) is 0.625. The van der Waals surface area contributed by atoms with Crippen LogP contribution in [0, 0.1) is 0 Å². The second kappa shape index (κ2) is 6.87. The zero-order valence-electron chi connectivity index (χ0n) is 12.7. The maximum absolute atomic E-state index is 12.7. The van der Waals surface area contributed by atoms with Crippen LogP contribution < -0.4 is 0 Å². The van der Waals surface area contributed by atoms with Crippen molar-refractivity contribution in [2.24, 2.45) is 0 Å². The van der Waals surface area contributed by atoms with Gasteiger partial charge in [-0.3, -0.25) is 4.90 Å². The lowest BCUT2D eigenvalue weighted by Gasteiger charge is -2.36. The van der Waals surface area contributed by atoms with E-state index >= 15 is 0 Å². The van der Waals surface area contributed by atoms with Gasteiger partial charge >= 0.3 is 0 Å². The molecule has 4 nitrogen and oxygen atoms in total. The van der Waals surface area contributed by atoms with Crippen LogP contribution >= 0.6 is 11.6 Å². The maximum Gasteiger partial charge on any atom is 0.218 e. The van der Waals surface area contributed by atoms with E-state index in [-0.39, 0.29) is 5.75 Å². The topological polar surface area (TPSA) is 40.6 Å². The van der Waals surface area contributed by atoms with Gasteiger partial charge in [-0.15, -0.1) is 0 Å². The molecule has 122 valence electrons. The Labute approximate surface area is 138 Å². The first-order chi connectivity index (χ1) is 10.6. The van der Waals surface area contributed by atoms with Crippen LogP contribution in [0.3, 0.4) is 0 Å². The third-order valence-electron chi connectivity index (χ3n) is 4.77. The van der Waals surface area contributed by atoms with Crippen molar-refractivity contribution < 1.29 is 8.42 Å². The van der Waals surface area contributed by atoms with Crippen LogP contribution in [-0.2, 0) is 15.8 Å². The molecule has 0 unspecified atom stereocenters. The van der Waals surface area contributed by atoms with Gasteiger partial charge < -0.3 is 0 Å². The first kappa shape index (κ1) is 16.2. The molecular formula is C16H23ClN2O2S. The van der Waals surface area contributed by atoms with Crippen molar-refractivity contribution in [1.82, 2.24) is 9.21 Å². The summed E-state index contributed by atoms with van der Waals surface area (Å²) in [7, 11) is -3.30. The van der Waals surface area contributed by atoms with Gasteiger partial charge in [-0.2, -0.15) is 0 Å². The summed E-state index contributed by atoms with van der Waals surface area (Å²) in [5, 5.41) is 0.525. The molecule has 0 amide bonds. The van der Waals surface area contributed by atoms with Gasteiger partial charge in [0.15, 0.2) is 0 Å². The van der Waals surface area contributed by atoms with Gasteiger partial charge in [0.2, 0.25) is 10.0 Å². The minimum Gasteiger partial charge on any atom is -0.299 e. The molecule has 1 heterocycles. The molecule has 6 heteroatoms. The highest BCUT2D eigenvalue weighted by atomic mass is 35.5. The number of sulfonamides is 1. The molecule has 2 aliphatic rings. The molecule has 1 aliphatic carbocycles. The Kier molecular flexibility index (Phi) is 5.07. The first-order valence-electron chi connectivity index (χ1n) is 8.01. The summed E-state index contributed by atoms with van der Waals surface area (Å²) in [5.41, 5.74) is 0.685. The normalized spacial score (nSPS) is 22.2. The van der Waals surface area contributed by atoms with Crippen molar-refractivity contribution in [1.29, 1.82) is 0 Å². The summed E-state index contributed by atoms with van der Waals surface area (Å²) in [6.07, 6.45) is 4.77. The molecule has 1 aromatic rings. The summed E-state index contributed by atoms with van der Waals surface area (Å²) in [6.45, 7) is 3.09. The largest absolute Gasteiger partial charge is 0.299 e. The monoisotopic (exact) mass is 342 g/mol. The van der Waals surface area contributed by atoms with E-state index in [0.29, 0.717) is 29.7 Å². The molecular weight excluding hydrogens is 320 g/mol. The molecule has 0 N–H and O–H groups in total. The van der Waals surface area contributed by atoms with Gasteiger partial charge in [-0.25, -0.2) is 12.7 Å². The van der Waals surface area contributed by atoms with Gasteiger partial charge in [-0.1, -0.05) is 36.2 Å². The summed E-state index contributed by atoms with van der Waals surface area (Å²) in [4.78, 5) is 2.47. The Morgan fingerprint density at radius 3 is 2.50 bits per heavy atom. The van der Waals surface area contributed by atoms with Gasteiger partial charge in [0.25, 0.3) is 0 Å². The highest BCUT2D eigenvalue weighted by Crippen LogP contribution is 2.26. The average Bonchev–Trinajstić information content (AvgIpc) is 2.66. The molecule has 0 atom stereocenters. The Morgan fingerprint density at radius 2 is 1.82 bits per heavy atom. The van der Waals surface area contributed by atoms with Crippen LogP contribution in [0.1, 0.15) is 31.2 Å². The van der Waals surface area contributed by atoms with E-state index in [4.69, 9.17) is 11.6 Å². The highest BCUT2D eigenvalue weighted by molar-refractivity contribution is 7.88. The Hall–Kier alpha value is -0.620. The molecule has 2 fully saturated rings. The molecule has 0 radical (unpaired) electrons. The van der Waals surface area contributed by atoms with E-state index in [1.807, 2.05) is 12.1 Å².